The topological polar surface area (TPSA) is 101 Å². The van der Waals surface area contributed by atoms with E-state index < -0.39 is 10.0 Å². The zero-order valence-electron chi connectivity index (χ0n) is 12.5. The molecule has 0 aliphatic heterocycles. The monoisotopic (exact) mass is 332 g/mol. The van der Waals surface area contributed by atoms with Crippen molar-refractivity contribution < 1.29 is 12.8 Å². The molecule has 0 unspecified atom stereocenters. The second-order valence-electron chi connectivity index (χ2n) is 4.91. The predicted molar refractivity (Wildman–Crippen MR) is 83.9 cm³/mol. The van der Waals surface area contributed by atoms with Crippen LogP contribution in [0.5, 0.6) is 0 Å². The van der Waals surface area contributed by atoms with Gasteiger partial charge in [-0.05, 0) is 11.6 Å². The second kappa shape index (κ2) is 6.35. The van der Waals surface area contributed by atoms with Gasteiger partial charge in [0, 0.05) is 19.2 Å². The number of H-pyrrole nitrogens is 1. The Morgan fingerprint density at radius 2 is 2.00 bits per heavy atom. The number of sulfonamides is 1. The maximum atomic E-state index is 12.3. The molecule has 3 rings (SSSR count). The molecule has 8 heteroatoms. The van der Waals surface area contributed by atoms with Crippen LogP contribution in [0, 0.1) is 0 Å². The Hall–Kier alpha value is -2.45. The van der Waals surface area contributed by atoms with E-state index in [1.54, 1.807) is 0 Å². The van der Waals surface area contributed by atoms with Gasteiger partial charge in [-0.15, -0.1) is 10.2 Å². The summed E-state index contributed by atoms with van der Waals surface area (Å²) >= 11 is 0. The second-order valence-corrected chi connectivity index (χ2v) is 6.68. The van der Waals surface area contributed by atoms with Crippen molar-refractivity contribution >= 4 is 10.0 Å². The molecule has 23 heavy (non-hydrogen) atoms. The molecule has 0 bridgehead atoms. The van der Waals surface area contributed by atoms with Gasteiger partial charge in [0.15, 0.2) is 0 Å². The Morgan fingerprint density at radius 3 is 2.70 bits per heavy atom. The first-order valence-corrected chi connectivity index (χ1v) is 8.61. The van der Waals surface area contributed by atoms with Crippen LogP contribution in [0.3, 0.4) is 0 Å². The number of rotatable bonds is 6. The van der Waals surface area contributed by atoms with E-state index in [9.17, 15) is 8.42 Å². The highest BCUT2D eigenvalue weighted by Gasteiger charge is 2.18. The minimum Gasteiger partial charge on any atom is -0.419 e. The van der Waals surface area contributed by atoms with Crippen molar-refractivity contribution in [3.05, 3.63) is 54.0 Å². The number of hydrogen-bond acceptors (Lipinski definition) is 5. The van der Waals surface area contributed by atoms with Crippen molar-refractivity contribution in [3.63, 3.8) is 0 Å². The third kappa shape index (κ3) is 3.49. The lowest BCUT2D eigenvalue weighted by molar-refractivity contribution is 0.511. The fraction of sp³-hybridized carbons (Fsp3) is 0.200. The number of nitrogens with one attached hydrogen (secondary N) is 2. The van der Waals surface area contributed by atoms with E-state index in [1.165, 1.54) is 12.3 Å². The van der Waals surface area contributed by atoms with E-state index in [-0.39, 0.29) is 17.3 Å². The van der Waals surface area contributed by atoms with E-state index in [0.29, 0.717) is 18.0 Å². The van der Waals surface area contributed by atoms with Crippen LogP contribution < -0.4 is 4.72 Å². The summed E-state index contributed by atoms with van der Waals surface area (Å²) < 4.78 is 32.6. The predicted octanol–water partition coefficient (Wildman–Crippen LogP) is 2.11. The summed E-state index contributed by atoms with van der Waals surface area (Å²) in [5.74, 6) is 0.771. The molecule has 1 aromatic carbocycles. The molecule has 0 saturated heterocycles. The first-order chi connectivity index (χ1) is 11.1. The van der Waals surface area contributed by atoms with Gasteiger partial charge in [-0.2, -0.15) is 0 Å². The van der Waals surface area contributed by atoms with Gasteiger partial charge < -0.3 is 9.40 Å². The van der Waals surface area contributed by atoms with Crippen LogP contribution in [0.15, 0.2) is 51.9 Å². The zero-order chi connectivity index (χ0) is 16.3. The van der Waals surface area contributed by atoms with Gasteiger partial charge in [-0.1, -0.05) is 37.3 Å². The van der Waals surface area contributed by atoms with Crippen molar-refractivity contribution in [2.45, 2.75) is 24.8 Å². The first kappa shape index (κ1) is 15.4. The fourth-order valence-electron chi connectivity index (χ4n) is 2.02. The van der Waals surface area contributed by atoms with Crippen LogP contribution in [-0.4, -0.2) is 23.6 Å². The largest absolute Gasteiger partial charge is 0.419 e. The average Bonchev–Trinajstić information content (AvgIpc) is 3.23. The molecular formula is C15H16N4O3S. The average molecular weight is 332 g/mol. The molecule has 7 nitrogen and oxygen atoms in total. The van der Waals surface area contributed by atoms with Crippen LogP contribution in [0.25, 0.3) is 11.6 Å². The molecule has 2 heterocycles. The van der Waals surface area contributed by atoms with Gasteiger partial charge in [0.1, 0.15) is 10.6 Å². The number of nitrogens with zero attached hydrogens (tertiary/aromatic N) is 2. The summed E-state index contributed by atoms with van der Waals surface area (Å²) in [6.07, 6.45) is 2.02. The van der Waals surface area contributed by atoms with Gasteiger partial charge in [0.2, 0.25) is 15.9 Å². The molecule has 120 valence electrons. The summed E-state index contributed by atoms with van der Waals surface area (Å²) in [5.41, 5.74) is 1.36. The molecule has 0 spiro atoms. The van der Waals surface area contributed by atoms with Gasteiger partial charge >= 0.3 is 0 Å². The summed E-state index contributed by atoms with van der Waals surface area (Å²) in [6, 6.07) is 10.8. The van der Waals surface area contributed by atoms with Crippen molar-refractivity contribution in [2.75, 3.05) is 0 Å². The Bertz CT molecular complexity index is 884. The molecule has 2 aromatic heterocycles. The van der Waals surface area contributed by atoms with Gasteiger partial charge in [-0.3, -0.25) is 0 Å². The lowest BCUT2D eigenvalue weighted by atomic mass is 10.2. The van der Waals surface area contributed by atoms with Crippen LogP contribution in [0.4, 0.5) is 0 Å². The first-order valence-electron chi connectivity index (χ1n) is 7.13. The Kier molecular flexibility index (Phi) is 4.26. The number of aromatic nitrogens is 3. The van der Waals surface area contributed by atoms with Crippen LogP contribution in [0.2, 0.25) is 0 Å². The molecule has 0 aliphatic rings. The van der Waals surface area contributed by atoms with Crippen LogP contribution >= 0.6 is 0 Å². The lowest BCUT2D eigenvalue weighted by Crippen LogP contribution is -2.22. The lowest BCUT2D eigenvalue weighted by Gasteiger charge is -2.04. The molecule has 0 saturated carbocycles. The maximum absolute atomic E-state index is 12.3. The van der Waals surface area contributed by atoms with Crippen molar-refractivity contribution in [3.8, 4) is 11.6 Å². The fourth-order valence-corrected chi connectivity index (χ4v) is 3.03. The molecule has 0 radical (unpaired) electrons. The van der Waals surface area contributed by atoms with E-state index in [0.717, 1.165) is 5.56 Å². The Morgan fingerprint density at radius 1 is 1.22 bits per heavy atom. The molecule has 0 atom stereocenters. The minimum atomic E-state index is -3.62. The van der Waals surface area contributed by atoms with Crippen molar-refractivity contribution in [1.82, 2.24) is 19.9 Å². The third-order valence-corrected chi connectivity index (χ3v) is 4.66. The number of hydrogen-bond donors (Lipinski definition) is 2. The molecule has 0 fully saturated rings. The normalized spacial score (nSPS) is 11.7. The molecular weight excluding hydrogens is 316 g/mol. The van der Waals surface area contributed by atoms with Gasteiger partial charge in [0.05, 0.1) is 0 Å². The van der Waals surface area contributed by atoms with Crippen LogP contribution in [0.1, 0.15) is 18.4 Å². The summed E-state index contributed by atoms with van der Waals surface area (Å²) in [4.78, 5) is 2.97. The van der Waals surface area contributed by atoms with Gasteiger partial charge in [-0.25, -0.2) is 13.1 Å². The molecule has 0 amide bonds. The maximum Gasteiger partial charge on any atom is 0.264 e. The van der Waals surface area contributed by atoms with E-state index in [2.05, 4.69) is 19.9 Å². The standard InChI is InChI=1S/C15H16N4O3S/c1-2-14-18-19-15(22-14)13-8-12(10-16-13)23(20,21)17-9-11-6-4-3-5-7-11/h3-8,10,16-17H,2,9H2,1H3. The quantitative estimate of drug-likeness (QED) is 0.720. The summed E-state index contributed by atoms with van der Waals surface area (Å²) in [7, 11) is -3.62. The third-order valence-electron chi connectivity index (χ3n) is 3.28. The Labute approximate surface area is 133 Å². The molecule has 0 aliphatic carbocycles. The smallest absolute Gasteiger partial charge is 0.264 e. The van der Waals surface area contributed by atoms with Crippen molar-refractivity contribution in [2.24, 2.45) is 0 Å². The van der Waals surface area contributed by atoms with E-state index >= 15 is 0 Å². The highest BCUT2D eigenvalue weighted by Crippen LogP contribution is 2.20. The number of benzene rings is 1. The van der Waals surface area contributed by atoms with Crippen molar-refractivity contribution in [1.29, 1.82) is 0 Å². The number of aromatic amines is 1. The van der Waals surface area contributed by atoms with Crippen LogP contribution in [-0.2, 0) is 23.0 Å². The highest BCUT2D eigenvalue weighted by atomic mass is 32.2. The Balaban J connectivity index is 1.75. The van der Waals surface area contributed by atoms with E-state index in [1.807, 2.05) is 37.3 Å². The van der Waals surface area contributed by atoms with E-state index in [4.69, 9.17) is 4.42 Å². The molecule has 2 N–H and O–H groups in total. The zero-order valence-corrected chi connectivity index (χ0v) is 13.3. The summed E-state index contributed by atoms with van der Waals surface area (Å²) in [6.45, 7) is 2.12. The minimum absolute atomic E-state index is 0.125. The SMILES string of the molecule is CCc1nnc(-c2cc(S(=O)(=O)NCc3ccccc3)c[nH]2)o1. The molecule has 3 aromatic rings. The summed E-state index contributed by atoms with van der Waals surface area (Å²) in [5, 5.41) is 7.74. The van der Waals surface area contributed by atoms with Gasteiger partial charge in [0.25, 0.3) is 5.89 Å². The highest BCUT2D eigenvalue weighted by molar-refractivity contribution is 7.89. The number of aryl methyl sites for hydroxylation is 1.